The molecule has 0 saturated heterocycles. The van der Waals surface area contributed by atoms with Crippen molar-refractivity contribution < 1.29 is 0 Å². The maximum Gasteiger partial charge on any atom is 0.0525 e. The molecule has 0 amide bonds. The van der Waals surface area contributed by atoms with E-state index in [1.165, 1.54) is 48.6 Å². The van der Waals surface area contributed by atoms with E-state index in [0.717, 1.165) is 19.1 Å². The highest BCUT2D eigenvalue weighted by Gasteiger charge is 2.20. The topological polar surface area (TPSA) is 17.0 Å². The van der Waals surface area contributed by atoms with Gasteiger partial charge in [0, 0.05) is 25.3 Å². The number of fused-ring (bicyclic) bond motifs is 1. The van der Waals surface area contributed by atoms with Crippen LogP contribution in [0.4, 0.5) is 0 Å². The highest BCUT2D eigenvalue weighted by atomic mass is 15.0. The van der Waals surface area contributed by atoms with E-state index in [2.05, 4.69) is 47.3 Å². The first-order chi connectivity index (χ1) is 9.38. The molecular weight excluding hydrogens is 232 g/mol. The van der Waals surface area contributed by atoms with Crippen LogP contribution >= 0.6 is 0 Å². The molecule has 0 spiro atoms. The molecule has 102 valence electrons. The van der Waals surface area contributed by atoms with Crippen molar-refractivity contribution in [3.05, 3.63) is 36.0 Å². The van der Waals surface area contributed by atoms with Gasteiger partial charge >= 0.3 is 0 Å². The average Bonchev–Trinajstić information content (AvgIpc) is 3.17. The van der Waals surface area contributed by atoms with Gasteiger partial charge in [-0.05, 0) is 36.3 Å². The van der Waals surface area contributed by atoms with E-state index >= 15 is 0 Å². The Hall–Kier alpha value is -1.28. The van der Waals surface area contributed by atoms with Crippen LogP contribution < -0.4 is 5.32 Å². The van der Waals surface area contributed by atoms with Crippen LogP contribution in [0.5, 0.6) is 0 Å². The van der Waals surface area contributed by atoms with Crippen molar-refractivity contribution in [2.45, 2.75) is 58.2 Å². The van der Waals surface area contributed by atoms with E-state index in [1.807, 2.05) is 0 Å². The summed E-state index contributed by atoms with van der Waals surface area (Å²) >= 11 is 0. The number of unbranched alkanes of at least 4 members (excludes halogenated alkanes) is 2. The van der Waals surface area contributed by atoms with Crippen LogP contribution in [0, 0.1) is 0 Å². The Labute approximate surface area is 115 Å². The number of nitrogens with zero attached hydrogens (tertiary/aromatic N) is 1. The van der Waals surface area contributed by atoms with Crippen molar-refractivity contribution in [1.82, 2.24) is 9.88 Å². The second kappa shape index (κ2) is 5.79. The van der Waals surface area contributed by atoms with Crippen molar-refractivity contribution >= 4 is 10.9 Å². The van der Waals surface area contributed by atoms with E-state index < -0.39 is 0 Å². The first kappa shape index (κ1) is 12.7. The zero-order chi connectivity index (χ0) is 13.1. The van der Waals surface area contributed by atoms with E-state index in [4.69, 9.17) is 0 Å². The van der Waals surface area contributed by atoms with Gasteiger partial charge in [-0.2, -0.15) is 0 Å². The molecule has 1 saturated carbocycles. The zero-order valence-corrected chi connectivity index (χ0v) is 11.9. The fraction of sp³-hybridized carbons (Fsp3) is 0.529. The molecule has 19 heavy (non-hydrogen) atoms. The SMILES string of the molecule is CCCCCn1ccc2cccc(CNC3CC3)c21. The van der Waals surface area contributed by atoms with Crippen LogP contribution in [-0.2, 0) is 13.1 Å². The van der Waals surface area contributed by atoms with Gasteiger partial charge in [0.05, 0.1) is 5.52 Å². The Morgan fingerprint density at radius 2 is 2.11 bits per heavy atom. The summed E-state index contributed by atoms with van der Waals surface area (Å²) in [6.07, 6.45) is 8.85. The molecule has 0 unspecified atom stereocenters. The summed E-state index contributed by atoms with van der Waals surface area (Å²) in [5, 5.41) is 5.02. The standard InChI is InChI=1S/C17H24N2/c1-2-3-4-11-19-12-10-14-6-5-7-15(17(14)19)13-18-16-8-9-16/h5-7,10,12,16,18H,2-4,8-9,11,13H2,1H3. The summed E-state index contributed by atoms with van der Waals surface area (Å²) < 4.78 is 2.44. The Morgan fingerprint density at radius 1 is 1.21 bits per heavy atom. The van der Waals surface area contributed by atoms with Gasteiger partial charge in [0.15, 0.2) is 0 Å². The number of hydrogen-bond donors (Lipinski definition) is 1. The normalized spacial score (nSPS) is 15.2. The summed E-state index contributed by atoms with van der Waals surface area (Å²) in [4.78, 5) is 0. The molecule has 0 radical (unpaired) electrons. The minimum atomic E-state index is 0.777. The van der Waals surface area contributed by atoms with E-state index in [1.54, 1.807) is 0 Å². The summed E-state index contributed by atoms with van der Waals surface area (Å²) in [5.74, 6) is 0. The van der Waals surface area contributed by atoms with Crippen molar-refractivity contribution in [1.29, 1.82) is 0 Å². The Kier molecular flexibility index (Phi) is 3.88. The van der Waals surface area contributed by atoms with E-state index in [9.17, 15) is 0 Å². The van der Waals surface area contributed by atoms with Crippen LogP contribution in [0.1, 0.15) is 44.6 Å². The lowest BCUT2D eigenvalue weighted by Gasteiger charge is -2.10. The van der Waals surface area contributed by atoms with Crippen molar-refractivity contribution in [2.24, 2.45) is 0 Å². The van der Waals surface area contributed by atoms with Gasteiger partial charge in [-0.1, -0.05) is 38.0 Å². The lowest BCUT2D eigenvalue weighted by molar-refractivity contribution is 0.613. The second-order valence-corrected chi connectivity index (χ2v) is 5.73. The Morgan fingerprint density at radius 3 is 2.89 bits per heavy atom. The largest absolute Gasteiger partial charge is 0.347 e. The van der Waals surface area contributed by atoms with Crippen LogP contribution in [0.3, 0.4) is 0 Å². The minimum absolute atomic E-state index is 0.777. The van der Waals surface area contributed by atoms with Crippen molar-refractivity contribution in [3.8, 4) is 0 Å². The number of aromatic nitrogens is 1. The van der Waals surface area contributed by atoms with Gasteiger partial charge in [-0.3, -0.25) is 0 Å². The number of rotatable bonds is 7. The van der Waals surface area contributed by atoms with Gasteiger partial charge in [0.25, 0.3) is 0 Å². The first-order valence-electron chi connectivity index (χ1n) is 7.68. The molecule has 1 aromatic carbocycles. The van der Waals surface area contributed by atoms with Crippen LogP contribution in [0.15, 0.2) is 30.5 Å². The Balaban J connectivity index is 1.80. The van der Waals surface area contributed by atoms with Gasteiger partial charge in [0.2, 0.25) is 0 Å². The fourth-order valence-electron chi connectivity index (χ4n) is 2.74. The van der Waals surface area contributed by atoms with Gasteiger partial charge < -0.3 is 9.88 Å². The highest BCUT2D eigenvalue weighted by molar-refractivity contribution is 5.83. The molecular formula is C17H24N2. The molecule has 1 aromatic heterocycles. The van der Waals surface area contributed by atoms with Gasteiger partial charge in [-0.25, -0.2) is 0 Å². The van der Waals surface area contributed by atoms with Crippen LogP contribution in [-0.4, -0.2) is 10.6 Å². The molecule has 0 atom stereocenters. The second-order valence-electron chi connectivity index (χ2n) is 5.73. The predicted octanol–water partition coefficient (Wildman–Crippen LogP) is 4.08. The third-order valence-electron chi connectivity index (χ3n) is 4.03. The summed E-state index contributed by atoms with van der Waals surface area (Å²) in [5.41, 5.74) is 2.89. The zero-order valence-electron chi connectivity index (χ0n) is 11.9. The summed E-state index contributed by atoms with van der Waals surface area (Å²) in [6, 6.07) is 9.71. The van der Waals surface area contributed by atoms with Crippen LogP contribution in [0.2, 0.25) is 0 Å². The highest BCUT2D eigenvalue weighted by Crippen LogP contribution is 2.23. The van der Waals surface area contributed by atoms with Crippen molar-refractivity contribution in [3.63, 3.8) is 0 Å². The molecule has 1 fully saturated rings. The van der Waals surface area contributed by atoms with Crippen molar-refractivity contribution in [2.75, 3.05) is 0 Å². The quantitative estimate of drug-likeness (QED) is 0.738. The molecule has 1 aliphatic carbocycles. The third-order valence-corrected chi connectivity index (χ3v) is 4.03. The minimum Gasteiger partial charge on any atom is -0.347 e. The summed E-state index contributed by atoms with van der Waals surface area (Å²) in [7, 11) is 0. The molecule has 2 heteroatoms. The maximum absolute atomic E-state index is 3.64. The monoisotopic (exact) mass is 256 g/mol. The number of para-hydroxylation sites is 1. The maximum atomic E-state index is 3.64. The van der Waals surface area contributed by atoms with Gasteiger partial charge in [-0.15, -0.1) is 0 Å². The molecule has 2 aromatic rings. The smallest absolute Gasteiger partial charge is 0.0525 e. The molecule has 1 N–H and O–H groups in total. The molecule has 3 rings (SSSR count). The van der Waals surface area contributed by atoms with Gasteiger partial charge in [0.1, 0.15) is 0 Å². The molecule has 1 aliphatic rings. The summed E-state index contributed by atoms with van der Waals surface area (Å²) in [6.45, 7) is 4.43. The fourth-order valence-corrected chi connectivity index (χ4v) is 2.74. The lowest BCUT2D eigenvalue weighted by Crippen LogP contribution is -2.16. The Bertz CT molecular complexity index is 537. The molecule has 2 nitrogen and oxygen atoms in total. The molecule has 0 aliphatic heterocycles. The van der Waals surface area contributed by atoms with E-state index in [-0.39, 0.29) is 0 Å². The number of nitrogens with one attached hydrogen (secondary N) is 1. The number of hydrogen-bond acceptors (Lipinski definition) is 1. The molecule has 0 bridgehead atoms. The van der Waals surface area contributed by atoms with Crippen LogP contribution in [0.25, 0.3) is 10.9 Å². The van der Waals surface area contributed by atoms with E-state index in [0.29, 0.717) is 0 Å². The third kappa shape index (κ3) is 3.01. The number of aryl methyl sites for hydroxylation is 1. The molecule has 1 heterocycles. The lowest BCUT2D eigenvalue weighted by atomic mass is 10.1. The average molecular weight is 256 g/mol. The number of benzene rings is 1. The first-order valence-corrected chi connectivity index (χ1v) is 7.68. The predicted molar refractivity (Wildman–Crippen MR) is 81.3 cm³/mol.